The molecule has 5 N–H and O–H groups in total. The fourth-order valence-electron chi connectivity index (χ4n) is 0. The minimum atomic E-state index is -1.83. The van der Waals surface area contributed by atoms with Crippen LogP contribution in [0.25, 0.3) is 0 Å². The maximum atomic E-state index is 8.56. The van der Waals surface area contributed by atoms with E-state index in [1.165, 1.54) is 0 Å². The molecule has 0 aliphatic heterocycles. The molecule has 0 fully saturated rings. The van der Waals surface area contributed by atoms with E-state index in [4.69, 9.17) is 15.0 Å². The van der Waals surface area contributed by atoms with Gasteiger partial charge in [-0.15, -0.1) is 0 Å². The Balaban J connectivity index is -0.0000000150. The Hall–Kier alpha value is 0.282. The average Bonchev–Trinajstić information content (AvgIpc) is 0.811. The summed E-state index contributed by atoms with van der Waals surface area (Å²) >= 11 is 0. The van der Waals surface area contributed by atoms with Crippen molar-refractivity contribution >= 4 is 6.16 Å². The van der Waals surface area contributed by atoms with Crippen LogP contribution < -0.4 is 6.15 Å². The minimum Gasteiger partial charge on any atom is -0.450 e. The van der Waals surface area contributed by atoms with Gasteiger partial charge >= 0.3 is 6.16 Å². The van der Waals surface area contributed by atoms with E-state index >= 15 is 0 Å². The van der Waals surface area contributed by atoms with Crippen LogP contribution in [-0.4, -0.2) is 16.4 Å². The van der Waals surface area contributed by atoms with Crippen molar-refractivity contribution in [1.82, 2.24) is 6.15 Å². The summed E-state index contributed by atoms with van der Waals surface area (Å²) in [4.78, 5) is 8.56. The molecule has 0 aliphatic carbocycles. The summed E-state index contributed by atoms with van der Waals surface area (Å²) in [6.45, 7) is 0. The fourth-order valence-corrected chi connectivity index (χ4v) is 0. The molecular formula is CH5CrCuNO3. The molecule has 0 aromatic carbocycles. The number of hydrogen-bond donors (Lipinski definition) is 3. The standard InChI is InChI=1S/CH2O3.Cr.Cu.H3N/c2-1(3)4;;;/h(H2,2,3,4);;;1H3. The summed E-state index contributed by atoms with van der Waals surface area (Å²) in [5, 5.41) is 13.9. The molecule has 7 heavy (non-hydrogen) atoms. The third-order valence-electron chi connectivity index (χ3n) is 0. The molecular weight excluding hydrogens is 190 g/mol. The zero-order valence-electron chi connectivity index (χ0n) is 3.22. The van der Waals surface area contributed by atoms with Crippen molar-refractivity contribution < 1.29 is 49.4 Å². The van der Waals surface area contributed by atoms with Crippen LogP contribution in [0.4, 0.5) is 4.79 Å². The van der Waals surface area contributed by atoms with Crippen LogP contribution in [0.5, 0.6) is 0 Å². The molecule has 0 aromatic rings. The van der Waals surface area contributed by atoms with Gasteiger partial charge in [-0.05, 0) is 0 Å². The number of rotatable bonds is 0. The molecule has 4 nitrogen and oxygen atoms in total. The molecule has 1 radical (unpaired) electrons. The third-order valence-corrected chi connectivity index (χ3v) is 0. The molecule has 0 unspecified atom stereocenters. The van der Waals surface area contributed by atoms with Gasteiger partial charge in [-0.2, -0.15) is 0 Å². The molecule has 0 atom stereocenters. The van der Waals surface area contributed by atoms with Crippen molar-refractivity contribution in [2.24, 2.45) is 0 Å². The number of carboxylic acid groups (broad SMARTS) is 2. The molecule has 0 spiro atoms. The SMILES string of the molecule is N.O=C(O)O.[Cr].[Cu]. The first kappa shape index (κ1) is 26.7. The van der Waals surface area contributed by atoms with E-state index in [0.717, 1.165) is 0 Å². The normalized spacial score (nSPS) is 3.43. The van der Waals surface area contributed by atoms with Crippen molar-refractivity contribution in [3.63, 3.8) is 0 Å². The van der Waals surface area contributed by atoms with Crippen LogP contribution in [-0.2, 0) is 34.4 Å². The average molecular weight is 195 g/mol. The van der Waals surface area contributed by atoms with E-state index < -0.39 is 6.16 Å². The van der Waals surface area contributed by atoms with Crippen molar-refractivity contribution in [3.8, 4) is 0 Å². The van der Waals surface area contributed by atoms with Crippen LogP contribution in [0.2, 0.25) is 0 Å². The van der Waals surface area contributed by atoms with Gasteiger partial charge in [0.2, 0.25) is 0 Å². The summed E-state index contributed by atoms with van der Waals surface area (Å²) in [5.41, 5.74) is 0. The number of carbonyl (C=O) groups is 1. The Bertz CT molecular complexity index is 37.9. The predicted molar refractivity (Wildman–Crippen MR) is 15.7 cm³/mol. The fraction of sp³-hybridized carbons (Fsp3) is 0. The molecule has 0 aliphatic rings. The summed E-state index contributed by atoms with van der Waals surface area (Å²) < 4.78 is 0. The molecule has 0 bridgehead atoms. The zero-order valence-corrected chi connectivity index (χ0v) is 5.44. The monoisotopic (exact) mass is 194 g/mol. The molecule has 0 heterocycles. The van der Waals surface area contributed by atoms with Gasteiger partial charge in [-0.1, -0.05) is 0 Å². The van der Waals surface area contributed by atoms with E-state index in [2.05, 4.69) is 0 Å². The van der Waals surface area contributed by atoms with Crippen LogP contribution in [0.3, 0.4) is 0 Å². The van der Waals surface area contributed by atoms with Crippen molar-refractivity contribution in [2.45, 2.75) is 0 Å². The topological polar surface area (TPSA) is 92.5 Å². The van der Waals surface area contributed by atoms with Crippen LogP contribution in [0, 0.1) is 0 Å². The first-order valence-corrected chi connectivity index (χ1v) is 0.651. The van der Waals surface area contributed by atoms with Crippen LogP contribution in [0.15, 0.2) is 0 Å². The van der Waals surface area contributed by atoms with Gasteiger partial charge in [0.15, 0.2) is 0 Å². The molecule has 6 heteroatoms. The summed E-state index contributed by atoms with van der Waals surface area (Å²) in [7, 11) is 0. The molecule has 0 saturated heterocycles. The second-order valence-corrected chi connectivity index (χ2v) is 0.283. The Morgan fingerprint density at radius 3 is 1.29 bits per heavy atom. The van der Waals surface area contributed by atoms with Gasteiger partial charge in [-0.3, -0.25) is 0 Å². The Kier molecular flexibility index (Phi) is 62.0. The van der Waals surface area contributed by atoms with Gasteiger partial charge in [0.1, 0.15) is 0 Å². The first-order chi connectivity index (χ1) is 1.73. The second kappa shape index (κ2) is 16.3. The summed E-state index contributed by atoms with van der Waals surface area (Å²) in [6, 6.07) is 0. The molecule has 0 amide bonds. The first-order valence-electron chi connectivity index (χ1n) is 0.651. The Labute approximate surface area is 62.1 Å². The van der Waals surface area contributed by atoms with Gasteiger partial charge < -0.3 is 16.4 Å². The third kappa shape index (κ3) is 1450. The van der Waals surface area contributed by atoms with E-state index in [1.807, 2.05) is 0 Å². The van der Waals surface area contributed by atoms with Crippen molar-refractivity contribution in [3.05, 3.63) is 0 Å². The van der Waals surface area contributed by atoms with Gasteiger partial charge in [0.25, 0.3) is 0 Å². The van der Waals surface area contributed by atoms with E-state index in [1.54, 1.807) is 0 Å². The minimum absolute atomic E-state index is 0. The molecule has 0 aromatic heterocycles. The van der Waals surface area contributed by atoms with Crippen LogP contribution in [0.1, 0.15) is 0 Å². The van der Waals surface area contributed by atoms with Crippen LogP contribution >= 0.6 is 0 Å². The quantitative estimate of drug-likeness (QED) is 0.486. The smallest absolute Gasteiger partial charge is 0.450 e. The summed E-state index contributed by atoms with van der Waals surface area (Å²) in [6.07, 6.45) is -1.83. The van der Waals surface area contributed by atoms with E-state index in [-0.39, 0.29) is 40.6 Å². The second-order valence-electron chi connectivity index (χ2n) is 0.283. The molecule has 49 valence electrons. The maximum absolute atomic E-state index is 8.56. The zero-order chi connectivity index (χ0) is 3.58. The van der Waals surface area contributed by atoms with E-state index in [9.17, 15) is 0 Å². The predicted octanol–water partition coefficient (Wildman–Crippen LogP) is 0.379. The maximum Gasteiger partial charge on any atom is 0.503 e. The van der Waals surface area contributed by atoms with Crippen molar-refractivity contribution in [1.29, 1.82) is 0 Å². The van der Waals surface area contributed by atoms with Gasteiger partial charge in [-0.25, -0.2) is 4.79 Å². The largest absolute Gasteiger partial charge is 0.503 e. The Morgan fingerprint density at radius 2 is 1.29 bits per heavy atom. The molecule has 0 rings (SSSR count). The number of hydrogen-bond acceptors (Lipinski definition) is 2. The van der Waals surface area contributed by atoms with Gasteiger partial charge in [0, 0.05) is 34.4 Å². The summed E-state index contributed by atoms with van der Waals surface area (Å²) in [5.74, 6) is 0. The van der Waals surface area contributed by atoms with Gasteiger partial charge in [0.05, 0.1) is 0 Å². The van der Waals surface area contributed by atoms with Crippen molar-refractivity contribution in [2.75, 3.05) is 0 Å². The Morgan fingerprint density at radius 1 is 1.29 bits per heavy atom. The van der Waals surface area contributed by atoms with E-state index in [0.29, 0.717) is 0 Å². The molecule has 0 saturated carbocycles.